The second-order valence-electron chi connectivity index (χ2n) is 13.5. The minimum Gasteiger partial charge on any atom is -0.494 e. The van der Waals surface area contributed by atoms with Crippen molar-refractivity contribution in [3.05, 3.63) is 76.8 Å². The first-order valence-corrected chi connectivity index (χ1v) is 18.3. The maximum Gasteiger partial charge on any atom is 0.255 e. The standard InChI is InChI=1S/C38H39ClFN9O6/c1-55-32-18-29-24(36(43-21-42-29)44-22-7-8-27(40)26(39)16-22)17-30(32)45-33(50)6-3-11-47-12-14-48(15-13-47)35(52)19-41-28-5-2-4-23-25(28)20-49(38(23)54)31-9-10-34(51)46-37(31)53/h2,4-5,7-8,16-18,21,31,41H,3,6,9-15,19-20H2,1H3,(H,45,50)(H,42,43,44)(H,46,51,53). The van der Waals surface area contributed by atoms with Crippen LogP contribution in [0.4, 0.5) is 27.3 Å². The van der Waals surface area contributed by atoms with Crippen LogP contribution in [0, 0.1) is 5.82 Å². The predicted molar refractivity (Wildman–Crippen MR) is 203 cm³/mol. The van der Waals surface area contributed by atoms with Crippen molar-refractivity contribution in [3.8, 4) is 5.75 Å². The van der Waals surface area contributed by atoms with Gasteiger partial charge in [0.25, 0.3) is 5.91 Å². The number of benzene rings is 3. The first-order valence-electron chi connectivity index (χ1n) is 17.9. The van der Waals surface area contributed by atoms with Crippen molar-refractivity contribution < 1.29 is 33.1 Å². The van der Waals surface area contributed by atoms with Gasteiger partial charge >= 0.3 is 0 Å². The number of anilines is 4. The molecule has 1 aromatic heterocycles. The van der Waals surface area contributed by atoms with Gasteiger partial charge in [0.2, 0.25) is 23.6 Å². The number of nitrogens with zero attached hydrogens (tertiary/aromatic N) is 5. The minimum absolute atomic E-state index is 0.0310. The van der Waals surface area contributed by atoms with Crippen molar-refractivity contribution in [2.75, 3.05) is 62.3 Å². The van der Waals surface area contributed by atoms with Crippen LogP contribution in [0.15, 0.2) is 54.9 Å². The molecule has 0 radical (unpaired) electrons. The van der Waals surface area contributed by atoms with E-state index in [4.69, 9.17) is 16.3 Å². The average molecular weight is 772 g/mol. The van der Waals surface area contributed by atoms with Crippen molar-refractivity contribution in [1.29, 1.82) is 0 Å². The van der Waals surface area contributed by atoms with Crippen LogP contribution < -0.4 is 26.0 Å². The molecule has 2 fully saturated rings. The largest absolute Gasteiger partial charge is 0.494 e. The number of aromatic nitrogens is 2. The molecule has 3 aliphatic heterocycles. The molecule has 3 aromatic carbocycles. The molecule has 3 aliphatic rings. The van der Waals surface area contributed by atoms with Gasteiger partial charge in [-0.3, -0.25) is 34.2 Å². The highest BCUT2D eigenvalue weighted by Gasteiger charge is 2.40. The lowest BCUT2D eigenvalue weighted by Crippen LogP contribution is -2.52. The topological polar surface area (TPSA) is 178 Å². The molecule has 2 saturated heterocycles. The second-order valence-corrected chi connectivity index (χ2v) is 13.9. The number of amides is 5. The lowest BCUT2D eigenvalue weighted by molar-refractivity contribution is -0.137. The summed E-state index contributed by atoms with van der Waals surface area (Å²) in [6.07, 6.45) is 2.71. The fraction of sp³-hybridized carbons (Fsp3) is 0.342. The van der Waals surface area contributed by atoms with E-state index in [9.17, 15) is 28.4 Å². The number of carbonyl (C=O) groups excluding carboxylic acids is 5. The molecule has 7 rings (SSSR count). The Labute approximate surface area is 320 Å². The Hall–Kier alpha value is -5.87. The summed E-state index contributed by atoms with van der Waals surface area (Å²) in [7, 11) is 1.51. The number of carbonyl (C=O) groups is 5. The van der Waals surface area contributed by atoms with E-state index in [1.807, 2.05) is 6.07 Å². The number of imide groups is 1. The Balaban J connectivity index is 0.872. The number of piperazine rings is 1. The van der Waals surface area contributed by atoms with Crippen LogP contribution >= 0.6 is 11.6 Å². The van der Waals surface area contributed by atoms with E-state index in [1.165, 1.54) is 30.5 Å². The van der Waals surface area contributed by atoms with Crippen LogP contribution in [0.2, 0.25) is 5.02 Å². The number of methoxy groups -OCH3 is 1. The number of hydrogen-bond acceptors (Lipinski definition) is 11. The van der Waals surface area contributed by atoms with Gasteiger partial charge in [0.1, 0.15) is 29.8 Å². The van der Waals surface area contributed by atoms with E-state index >= 15 is 0 Å². The highest BCUT2D eigenvalue weighted by Crippen LogP contribution is 2.35. The Kier molecular flexibility index (Phi) is 11.1. The fourth-order valence-corrected chi connectivity index (χ4v) is 7.27. The van der Waals surface area contributed by atoms with Crippen LogP contribution in [-0.4, -0.2) is 107 Å². The lowest BCUT2D eigenvalue weighted by Gasteiger charge is -2.34. The number of nitrogens with one attached hydrogen (secondary N) is 4. The lowest BCUT2D eigenvalue weighted by atomic mass is 10.0. The maximum atomic E-state index is 13.7. The molecule has 55 heavy (non-hydrogen) atoms. The summed E-state index contributed by atoms with van der Waals surface area (Å²) < 4.78 is 19.2. The van der Waals surface area contributed by atoms with Gasteiger partial charge in [-0.25, -0.2) is 14.4 Å². The summed E-state index contributed by atoms with van der Waals surface area (Å²) in [4.78, 5) is 77.6. The molecule has 0 spiro atoms. The zero-order chi connectivity index (χ0) is 38.6. The number of halogens is 2. The number of rotatable bonds is 12. The fourth-order valence-electron chi connectivity index (χ4n) is 7.09. The molecule has 4 N–H and O–H groups in total. The Morgan fingerprint density at radius 3 is 2.62 bits per heavy atom. The zero-order valence-electron chi connectivity index (χ0n) is 30.0. The first-order chi connectivity index (χ1) is 26.6. The molecular formula is C38H39ClFN9O6. The molecule has 0 saturated carbocycles. The normalized spacial score (nSPS) is 17.2. The summed E-state index contributed by atoms with van der Waals surface area (Å²) in [5.41, 5.74) is 3.42. The zero-order valence-corrected chi connectivity index (χ0v) is 30.7. The molecule has 286 valence electrons. The quantitative estimate of drug-likeness (QED) is 0.154. The Morgan fingerprint density at radius 2 is 1.85 bits per heavy atom. The van der Waals surface area contributed by atoms with Crippen molar-refractivity contribution in [3.63, 3.8) is 0 Å². The Bertz CT molecular complexity index is 2180. The monoisotopic (exact) mass is 771 g/mol. The van der Waals surface area contributed by atoms with Crippen molar-refractivity contribution >= 4 is 74.9 Å². The maximum absolute atomic E-state index is 13.7. The van der Waals surface area contributed by atoms with Crippen molar-refractivity contribution in [2.45, 2.75) is 38.3 Å². The van der Waals surface area contributed by atoms with Gasteiger partial charge in [0.15, 0.2) is 0 Å². The molecule has 1 unspecified atom stereocenters. The second kappa shape index (κ2) is 16.2. The summed E-state index contributed by atoms with van der Waals surface area (Å²) >= 11 is 5.95. The minimum atomic E-state index is -0.713. The molecule has 0 bridgehead atoms. The third-order valence-electron chi connectivity index (χ3n) is 10.0. The van der Waals surface area contributed by atoms with E-state index in [-0.39, 0.29) is 61.0 Å². The molecule has 15 nitrogen and oxygen atoms in total. The summed E-state index contributed by atoms with van der Waals surface area (Å²) in [6.45, 7) is 3.35. The smallest absolute Gasteiger partial charge is 0.255 e. The van der Waals surface area contributed by atoms with Gasteiger partial charge in [0, 0.05) is 79.5 Å². The van der Waals surface area contributed by atoms with E-state index in [0.717, 1.165) is 5.56 Å². The molecule has 0 aliphatic carbocycles. The van der Waals surface area contributed by atoms with Crippen molar-refractivity contribution in [2.24, 2.45) is 0 Å². The molecule has 4 aromatic rings. The predicted octanol–water partition coefficient (Wildman–Crippen LogP) is 3.91. The number of piperidine rings is 1. The van der Waals surface area contributed by atoms with Crippen LogP contribution in [0.5, 0.6) is 5.75 Å². The average Bonchev–Trinajstić information content (AvgIpc) is 3.51. The van der Waals surface area contributed by atoms with Gasteiger partial charge < -0.3 is 30.5 Å². The number of ether oxygens (including phenoxy) is 1. The first kappa shape index (κ1) is 37.4. The number of fused-ring (bicyclic) bond motifs is 2. The third-order valence-corrected chi connectivity index (χ3v) is 10.3. The molecular weight excluding hydrogens is 733 g/mol. The number of hydrogen-bond donors (Lipinski definition) is 4. The van der Waals surface area contributed by atoms with Gasteiger partial charge in [-0.2, -0.15) is 0 Å². The van der Waals surface area contributed by atoms with Crippen molar-refractivity contribution in [1.82, 2.24) is 30.0 Å². The SMILES string of the molecule is COc1cc2ncnc(Nc3ccc(F)c(Cl)c3)c2cc1NC(=O)CCCN1CCN(C(=O)CNc2cccc3c2CN(C2CCC(=O)NC2=O)C3=O)CC1. The van der Waals surface area contributed by atoms with Crippen LogP contribution in [0.25, 0.3) is 10.9 Å². The summed E-state index contributed by atoms with van der Waals surface area (Å²) in [5.74, 6) is -1.00. The van der Waals surface area contributed by atoms with E-state index < -0.39 is 17.8 Å². The molecule has 5 amide bonds. The molecule has 17 heteroatoms. The highest BCUT2D eigenvalue weighted by molar-refractivity contribution is 6.31. The summed E-state index contributed by atoms with van der Waals surface area (Å²) in [5, 5.41) is 12.2. The molecule has 1 atom stereocenters. The van der Waals surface area contributed by atoms with Gasteiger partial charge in [-0.05, 0) is 55.8 Å². The van der Waals surface area contributed by atoms with E-state index in [2.05, 4.69) is 36.1 Å². The summed E-state index contributed by atoms with van der Waals surface area (Å²) in [6, 6.07) is 12.2. The highest BCUT2D eigenvalue weighted by atomic mass is 35.5. The molecule has 4 heterocycles. The van der Waals surface area contributed by atoms with E-state index in [1.54, 1.807) is 35.2 Å². The third kappa shape index (κ3) is 8.29. The van der Waals surface area contributed by atoms with Crippen LogP contribution in [0.1, 0.15) is 41.6 Å². The van der Waals surface area contributed by atoms with Gasteiger partial charge in [-0.15, -0.1) is 0 Å². The Morgan fingerprint density at radius 1 is 1.04 bits per heavy atom. The van der Waals surface area contributed by atoms with Crippen LogP contribution in [-0.2, 0) is 25.7 Å². The van der Waals surface area contributed by atoms with E-state index in [0.29, 0.717) is 84.2 Å². The van der Waals surface area contributed by atoms with Crippen LogP contribution in [0.3, 0.4) is 0 Å². The van der Waals surface area contributed by atoms with Gasteiger partial charge in [0.05, 0.1) is 29.9 Å². The van der Waals surface area contributed by atoms with Gasteiger partial charge in [-0.1, -0.05) is 17.7 Å².